The monoisotopic (exact) mass is 224 g/mol. The summed E-state index contributed by atoms with van der Waals surface area (Å²) in [6.07, 6.45) is 4.05. The smallest absolute Gasteiger partial charge is 0.337 e. The number of aromatic carboxylic acids is 1. The largest absolute Gasteiger partial charge is 0.478 e. The highest BCUT2D eigenvalue weighted by molar-refractivity contribution is 6.35. The molecule has 6 nitrogen and oxygen atoms in total. The van der Waals surface area contributed by atoms with Gasteiger partial charge in [-0.05, 0) is 6.07 Å². The van der Waals surface area contributed by atoms with E-state index in [2.05, 4.69) is 15.1 Å². The molecule has 0 unspecified atom stereocenters. The van der Waals surface area contributed by atoms with Gasteiger partial charge in [0.05, 0.1) is 10.6 Å². The molecule has 0 radical (unpaired) electrons. The molecule has 2 aromatic rings. The molecule has 0 aliphatic heterocycles. The van der Waals surface area contributed by atoms with E-state index < -0.39 is 5.97 Å². The molecule has 76 valence electrons. The third-order valence-corrected chi connectivity index (χ3v) is 2.11. The van der Waals surface area contributed by atoms with Crippen LogP contribution in [0.25, 0.3) is 5.82 Å². The number of carboxylic acids is 1. The van der Waals surface area contributed by atoms with E-state index in [-0.39, 0.29) is 16.4 Å². The van der Waals surface area contributed by atoms with Crippen LogP contribution in [0.3, 0.4) is 0 Å². The molecular formula is C8H5ClN4O2. The molecule has 2 heterocycles. The van der Waals surface area contributed by atoms with E-state index in [1.54, 1.807) is 0 Å². The van der Waals surface area contributed by atoms with E-state index in [1.807, 2.05) is 0 Å². The highest BCUT2D eigenvalue weighted by Gasteiger charge is 2.14. The minimum atomic E-state index is -1.11. The normalized spacial score (nSPS) is 10.2. The molecule has 0 spiro atoms. The van der Waals surface area contributed by atoms with Gasteiger partial charge in [-0.25, -0.2) is 19.4 Å². The number of carbonyl (C=O) groups is 1. The number of aromatic nitrogens is 4. The van der Waals surface area contributed by atoms with Crippen molar-refractivity contribution < 1.29 is 9.90 Å². The Kier molecular flexibility index (Phi) is 2.34. The highest BCUT2D eigenvalue weighted by Crippen LogP contribution is 2.21. The first-order valence-corrected chi connectivity index (χ1v) is 4.30. The summed E-state index contributed by atoms with van der Waals surface area (Å²) in [5.41, 5.74) is -0.0165. The van der Waals surface area contributed by atoms with Gasteiger partial charge in [-0.3, -0.25) is 0 Å². The first-order chi connectivity index (χ1) is 7.20. The topological polar surface area (TPSA) is 80.9 Å². The zero-order chi connectivity index (χ0) is 10.8. The maximum Gasteiger partial charge on any atom is 0.337 e. The number of rotatable bonds is 2. The third-order valence-electron chi connectivity index (χ3n) is 1.74. The number of halogens is 1. The van der Waals surface area contributed by atoms with Crippen LogP contribution in [-0.4, -0.2) is 30.8 Å². The molecule has 0 aliphatic rings. The summed E-state index contributed by atoms with van der Waals surface area (Å²) in [4.78, 5) is 18.4. The number of pyridine rings is 1. The molecule has 0 atom stereocenters. The Morgan fingerprint density at radius 1 is 1.53 bits per heavy atom. The molecule has 2 aromatic heterocycles. The lowest BCUT2D eigenvalue weighted by molar-refractivity contribution is 0.0697. The molecule has 0 saturated heterocycles. The zero-order valence-electron chi connectivity index (χ0n) is 7.33. The van der Waals surface area contributed by atoms with Crippen LogP contribution in [0.5, 0.6) is 0 Å². The Labute approximate surface area is 89.2 Å². The van der Waals surface area contributed by atoms with Crippen molar-refractivity contribution >= 4 is 17.6 Å². The summed E-state index contributed by atoms with van der Waals surface area (Å²) >= 11 is 5.86. The highest BCUT2D eigenvalue weighted by atomic mass is 35.5. The van der Waals surface area contributed by atoms with Crippen molar-refractivity contribution in [1.29, 1.82) is 0 Å². The second-order valence-corrected chi connectivity index (χ2v) is 3.02. The molecule has 15 heavy (non-hydrogen) atoms. The average molecular weight is 225 g/mol. The summed E-state index contributed by atoms with van der Waals surface area (Å²) in [6.45, 7) is 0. The Hall–Kier alpha value is -1.95. The molecule has 0 amide bonds. The van der Waals surface area contributed by atoms with Gasteiger partial charge in [-0.2, -0.15) is 5.10 Å². The molecule has 0 aliphatic carbocycles. The summed E-state index contributed by atoms with van der Waals surface area (Å²) in [5.74, 6) is -0.863. The van der Waals surface area contributed by atoms with E-state index in [9.17, 15) is 4.79 Å². The number of hydrogen-bond acceptors (Lipinski definition) is 4. The first-order valence-electron chi connectivity index (χ1n) is 3.93. The van der Waals surface area contributed by atoms with E-state index in [0.29, 0.717) is 0 Å². The molecule has 0 fully saturated rings. The summed E-state index contributed by atoms with van der Waals surface area (Å²) < 4.78 is 1.30. The fourth-order valence-electron chi connectivity index (χ4n) is 1.08. The van der Waals surface area contributed by atoms with Crippen LogP contribution in [0, 0.1) is 0 Å². The second kappa shape index (κ2) is 3.66. The maximum atomic E-state index is 10.8. The van der Waals surface area contributed by atoms with E-state index >= 15 is 0 Å². The van der Waals surface area contributed by atoms with Crippen molar-refractivity contribution in [2.45, 2.75) is 0 Å². The minimum absolute atomic E-state index is 0.0165. The lowest BCUT2D eigenvalue weighted by atomic mass is 10.2. The lowest BCUT2D eigenvalue weighted by Crippen LogP contribution is -2.04. The summed E-state index contributed by atoms with van der Waals surface area (Å²) in [5, 5.41) is 12.7. The van der Waals surface area contributed by atoms with Gasteiger partial charge in [0, 0.05) is 6.20 Å². The molecule has 0 aromatic carbocycles. The molecule has 0 bridgehead atoms. The Balaban J connectivity index is 2.59. The van der Waals surface area contributed by atoms with Gasteiger partial charge in [0.25, 0.3) is 0 Å². The molecular weight excluding hydrogens is 220 g/mol. The lowest BCUT2D eigenvalue weighted by Gasteiger charge is -2.04. The van der Waals surface area contributed by atoms with Gasteiger partial charge in [0.1, 0.15) is 12.7 Å². The van der Waals surface area contributed by atoms with Crippen molar-refractivity contribution in [1.82, 2.24) is 19.7 Å². The van der Waals surface area contributed by atoms with Crippen molar-refractivity contribution in [2.75, 3.05) is 0 Å². The van der Waals surface area contributed by atoms with Crippen molar-refractivity contribution in [3.8, 4) is 5.82 Å². The summed E-state index contributed by atoms with van der Waals surface area (Å²) in [7, 11) is 0. The van der Waals surface area contributed by atoms with Gasteiger partial charge in [0.2, 0.25) is 0 Å². The Morgan fingerprint density at radius 3 is 2.93 bits per heavy atom. The van der Waals surface area contributed by atoms with Crippen LogP contribution in [0.15, 0.2) is 24.9 Å². The predicted molar refractivity (Wildman–Crippen MR) is 51.1 cm³/mol. The number of carboxylic acid groups (broad SMARTS) is 1. The van der Waals surface area contributed by atoms with Gasteiger partial charge in [-0.1, -0.05) is 11.6 Å². The van der Waals surface area contributed by atoms with E-state index in [1.165, 1.54) is 29.6 Å². The number of hydrogen-bond donors (Lipinski definition) is 1. The van der Waals surface area contributed by atoms with Crippen LogP contribution < -0.4 is 0 Å². The number of nitrogens with zero attached hydrogens (tertiary/aromatic N) is 4. The van der Waals surface area contributed by atoms with Crippen molar-refractivity contribution in [3.05, 3.63) is 35.5 Å². The van der Waals surface area contributed by atoms with Gasteiger partial charge in [-0.15, -0.1) is 0 Å². The quantitative estimate of drug-likeness (QED) is 0.824. The molecule has 2 rings (SSSR count). The zero-order valence-corrected chi connectivity index (χ0v) is 8.09. The fraction of sp³-hybridized carbons (Fsp3) is 0. The molecule has 1 N–H and O–H groups in total. The van der Waals surface area contributed by atoms with Crippen molar-refractivity contribution in [3.63, 3.8) is 0 Å². The van der Waals surface area contributed by atoms with Crippen molar-refractivity contribution in [2.24, 2.45) is 0 Å². The second-order valence-electron chi connectivity index (χ2n) is 2.64. The fourth-order valence-corrected chi connectivity index (χ4v) is 1.35. The molecule has 7 heteroatoms. The van der Waals surface area contributed by atoms with E-state index in [4.69, 9.17) is 16.7 Å². The third kappa shape index (κ3) is 1.66. The summed E-state index contributed by atoms with van der Waals surface area (Å²) in [6, 6.07) is 1.32. The van der Waals surface area contributed by atoms with Gasteiger partial charge in [0.15, 0.2) is 5.82 Å². The van der Waals surface area contributed by atoms with E-state index in [0.717, 1.165) is 0 Å². The van der Waals surface area contributed by atoms with Gasteiger partial charge >= 0.3 is 5.97 Å². The average Bonchev–Trinajstić information content (AvgIpc) is 2.70. The first kappa shape index (κ1) is 9.60. The Morgan fingerprint density at radius 2 is 2.33 bits per heavy atom. The van der Waals surface area contributed by atoms with Crippen LogP contribution in [0.2, 0.25) is 5.02 Å². The van der Waals surface area contributed by atoms with Gasteiger partial charge < -0.3 is 5.11 Å². The predicted octanol–water partition coefficient (Wildman–Crippen LogP) is 1.01. The Bertz CT molecular complexity index is 497. The van der Waals surface area contributed by atoms with Crippen LogP contribution in [0.4, 0.5) is 0 Å². The van der Waals surface area contributed by atoms with Crippen LogP contribution in [0.1, 0.15) is 10.4 Å². The minimum Gasteiger partial charge on any atom is -0.478 e. The molecule has 0 saturated carbocycles. The maximum absolute atomic E-state index is 10.8. The van der Waals surface area contributed by atoms with Crippen LogP contribution >= 0.6 is 11.6 Å². The standard InChI is InChI=1S/C8H5ClN4O2/c9-6-5(8(14)15)1-2-11-7(6)13-4-10-3-12-13/h1-4H,(H,14,15). The van der Waals surface area contributed by atoms with Crippen LogP contribution in [-0.2, 0) is 0 Å². The SMILES string of the molecule is O=C(O)c1ccnc(-n2cncn2)c1Cl.